The number of rotatable bonds is 2. The number of carboxylic acids is 1. The van der Waals surface area contributed by atoms with Crippen LogP contribution in [0.1, 0.15) is 29.2 Å². The predicted molar refractivity (Wildman–Crippen MR) is 75.4 cm³/mol. The minimum Gasteiger partial charge on any atom is -0.478 e. The number of halogens is 3. The lowest BCUT2D eigenvalue weighted by molar-refractivity contribution is -0.186. The van der Waals surface area contributed by atoms with E-state index in [1.165, 1.54) is 12.1 Å². The van der Waals surface area contributed by atoms with E-state index in [1.807, 2.05) is 0 Å². The van der Waals surface area contributed by atoms with Gasteiger partial charge in [0.2, 0.25) is 0 Å². The van der Waals surface area contributed by atoms with Gasteiger partial charge in [0, 0.05) is 13.1 Å². The quantitative estimate of drug-likeness (QED) is 0.900. The first-order valence-electron chi connectivity index (χ1n) is 7.21. The summed E-state index contributed by atoms with van der Waals surface area (Å²) < 4.78 is 38.9. The van der Waals surface area contributed by atoms with Gasteiger partial charge in [-0.2, -0.15) is 13.2 Å². The standard InChI is InChI=1S/C14H13F3N4O3/c15-14(16,17)13(24)20-5-3-9(4-6-20)21-11-2-1-8(12(22)23)7-10(11)18-19-21/h1-2,7,9H,3-6H2,(H,22,23). The Kier molecular flexibility index (Phi) is 3.90. The van der Waals surface area contributed by atoms with Crippen molar-refractivity contribution in [3.63, 3.8) is 0 Å². The van der Waals surface area contributed by atoms with E-state index < -0.39 is 18.1 Å². The largest absolute Gasteiger partial charge is 0.478 e. The van der Waals surface area contributed by atoms with Gasteiger partial charge in [-0.1, -0.05) is 5.21 Å². The monoisotopic (exact) mass is 342 g/mol. The summed E-state index contributed by atoms with van der Waals surface area (Å²) in [6.45, 7) is -0.0326. The van der Waals surface area contributed by atoms with E-state index in [2.05, 4.69) is 10.3 Å². The Morgan fingerprint density at radius 3 is 2.46 bits per heavy atom. The molecular weight excluding hydrogens is 329 g/mol. The molecule has 0 radical (unpaired) electrons. The lowest BCUT2D eigenvalue weighted by Gasteiger charge is -2.32. The molecule has 0 saturated carbocycles. The van der Waals surface area contributed by atoms with E-state index in [-0.39, 0.29) is 24.7 Å². The van der Waals surface area contributed by atoms with Gasteiger partial charge in [0.25, 0.3) is 0 Å². The highest BCUT2D eigenvalue weighted by molar-refractivity contribution is 5.92. The van der Waals surface area contributed by atoms with Gasteiger partial charge in [-0.25, -0.2) is 9.48 Å². The highest BCUT2D eigenvalue weighted by atomic mass is 19.4. The van der Waals surface area contributed by atoms with E-state index >= 15 is 0 Å². The number of fused-ring (bicyclic) bond motifs is 1. The van der Waals surface area contributed by atoms with Crippen molar-refractivity contribution < 1.29 is 27.9 Å². The number of benzene rings is 1. The number of hydrogen-bond donors (Lipinski definition) is 1. The number of nitrogens with zero attached hydrogens (tertiary/aromatic N) is 4. The van der Waals surface area contributed by atoms with Gasteiger partial charge in [-0.15, -0.1) is 5.10 Å². The van der Waals surface area contributed by atoms with E-state index in [0.717, 1.165) is 4.90 Å². The van der Waals surface area contributed by atoms with E-state index in [9.17, 15) is 22.8 Å². The third-order valence-electron chi connectivity index (χ3n) is 4.06. The third-order valence-corrected chi connectivity index (χ3v) is 4.06. The number of aromatic nitrogens is 3. The maximum Gasteiger partial charge on any atom is 0.471 e. The first-order chi connectivity index (χ1) is 11.3. The number of carbonyl (C=O) groups excluding carboxylic acids is 1. The lowest BCUT2D eigenvalue weighted by Crippen LogP contribution is -2.45. The summed E-state index contributed by atoms with van der Waals surface area (Å²) in [4.78, 5) is 23.0. The fraction of sp³-hybridized carbons (Fsp3) is 0.429. The molecular formula is C14H13F3N4O3. The van der Waals surface area contributed by atoms with Crippen LogP contribution in [0.25, 0.3) is 11.0 Å². The van der Waals surface area contributed by atoms with Crippen LogP contribution in [0, 0.1) is 0 Å². The molecule has 0 bridgehead atoms. The lowest BCUT2D eigenvalue weighted by atomic mass is 10.0. The van der Waals surface area contributed by atoms with Crippen LogP contribution in [0.15, 0.2) is 18.2 Å². The number of likely N-dealkylation sites (tertiary alicyclic amines) is 1. The molecule has 0 unspecified atom stereocenters. The minimum absolute atomic E-state index is 0.0163. The number of piperidine rings is 1. The van der Waals surface area contributed by atoms with Crippen LogP contribution in [0.2, 0.25) is 0 Å². The van der Waals surface area contributed by atoms with E-state index in [1.54, 1.807) is 10.7 Å². The molecule has 1 aliphatic rings. The summed E-state index contributed by atoms with van der Waals surface area (Å²) in [6, 6.07) is 4.20. The normalized spacial score (nSPS) is 16.5. The summed E-state index contributed by atoms with van der Waals surface area (Å²) in [5.74, 6) is -2.90. The summed E-state index contributed by atoms with van der Waals surface area (Å²) in [5.41, 5.74) is 1.10. The zero-order chi connectivity index (χ0) is 17.5. The van der Waals surface area contributed by atoms with Gasteiger partial charge in [-0.3, -0.25) is 4.79 Å². The highest BCUT2D eigenvalue weighted by Gasteiger charge is 2.43. The Bertz CT molecular complexity index is 794. The molecule has 0 aliphatic carbocycles. The predicted octanol–water partition coefficient (Wildman–Crippen LogP) is 1.86. The van der Waals surface area contributed by atoms with Crippen molar-refractivity contribution in [2.24, 2.45) is 0 Å². The number of alkyl halides is 3. The minimum atomic E-state index is -4.86. The molecule has 128 valence electrons. The van der Waals surface area contributed by atoms with Crippen LogP contribution < -0.4 is 0 Å². The zero-order valence-electron chi connectivity index (χ0n) is 12.3. The van der Waals surface area contributed by atoms with Gasteiger partial charge >= 0.3 is 18.1 Å². The average molecular weight is 342 g/mol. The van der Waals surface area contributed by atoms with Crippen molar-refractivity contribution in [3.8, 4) is 0 Å². The van der Waals surface area contributed by atoms with Crippen molar-refractivity contribution in [1.82, 2.24) is 19.9 Å². The molecule has 24 heavy (non-hydrogen) atoms. The van der Waals surface area contributed by atoms with Crippen LogP contribution in [-0.2, 0) is 4.79 Å². The first kappa shape index (κ1) is 16.2. The molecule has 3 rings (SSSR count). The molecule has 1 amide bonds. The summed E-state index contributed by atoms with van der Waals surface area (Å²) in [7, 11) is 0. The van der Waals surface area contributed by atoms with Crippen molar-refractivity contribution >= 4 is 22.9 Å². The number of carboxylic acid groups (broad SMARTS) is 1. The van der Waals surface area contributed by atoms with Crippen molar-refractivity contribution in [2.75, 3.05) is 13.1 Å². The average Bonchev–Trinajstić information content (AvgIpc) is 2.96. The van der Waals surface area contributed by atoms with E-state index in [4.69, 9.17) is 5.11 Å². The van der Waals surface area contributed by atoms with Gasteiger partial charge in [0.1, 0.15) is 5.52 Å². The topological polar surface area (TPSA) is 88.3 Å². The molecule has 10 heteroatoms. The maximum atomic E-state index is 12.4. The molecule has 7 nitrogen and oxygen atoms in total. The molecule has 1 N–H and O–H groups in total. The fourth-order valence-electron chi connectivity index (χ4n) is 2.84. The first-order valence-corrected chi connectivity index (χ1v) is 7.21. The number of aromatic carboxylic acids is 1. The van der Waals surface area contributed by atoms with Gasteiger partial charge in [0.05, 0.1) is 17.1 Å². The summed E-state index contributed by atoms with van der Waals surface area (Å²) in [6.07, 6.45) is -4.22. The third kappa shape index (κ3) is 2.91. The van der Waals surface area contributed by atoms with Gasteiger partial charge < -0.3 is 10.0 Å². The van der Waals surface area contributed by atoms with Crippen LogP contribution >= 0.6 is 0 Å². The Labute approximate surface area is 133 Å². The molecule has 1 fully saturated rings. The highest BCUT2D eigenvalue weighted by Crippen LogP contribution is 2.28. The number of hydrogen-bond acceptors (Lipinski definition) is 4. The van der Waals surface area contributed by atoms with Crippen molar-refractivity contribution in [1.29, 1.82) is 0 Å². The Morgan fingerprint density at radius 2 is 1.88 bits per heavy atom. The Morgan fingerprint density at radius 1 is 1.21 bits per heavy atom. The van der Waals surface area contributed by atoms with Crippen LogP contribution in [0.4, 0.5) is 13.2 Å². The molecule has 1 aromatic heterocycles. The Hall–Kier alpha value is -2.65. The smallest absolute Gasteiger partial charge is 0.471 e. The van der Waals surface area contributed by atoms with Crippen LogP contribution in [-0.4, -0.2) is 56.1 Å². The molecule has 1 aliphatic heterocycles. The van der Waals surface area contributed by atoms with Gasteiger partial charge in [0.15, 0.2) is 0 Å². The van der Waals surface area contributed by atoms with Crippen LogP contribution in [0.3, 0.4) is 0 Å². The number of amides is 1. The second-order valence-electron chi connectivity index (χ2n) is 5.56. The summed E-state index contributed by atoms with van der Waals surface area (Å²) in [5, 5.41) is 16.9. The second-order valence-corrected chi connectivity index (χ2v) is 5.56. The molecule has 1 saturated heterocycles. The second kappa shape index (κ2) is 5.77. The molecule has 0 spiro atoms. The fourth-order valence-corrected chi connectivity index (χ4v) is 2.84. The number of carbonyl (C=O) groups is 2. The SMILES string of the molecule is O=C(O)c1ccc2c(c1)nnn2C1CCN(C(=O)C(F)(F)F)CC1. The van der Waals surface area contributed by atoms with E-state index in [0.29, 0.717) is 23.9 Å². The van der Waals surface area contributed by atoms with Crippen molar-refractivity contribution in [3.05, 3.63) is 23.8 Å². The van der Waals surface area contributed by atoms with Crippen LogP contribution in [0.5, 0.6) is 0 Å². The van der Waals surface area contributed by atoms with Crippen molar-refractivity contribution in [2.45, 2.75) is 25.1 Å². The molecule has 2 heterocycles. The molecule has 2 aromatic rings. The summed E-state index contributed by atoms with van der Waals surface area (Å²) >= 11 is 0. The maximum absolute atomic E-state index is 12.4. The molecule has 1 aromatic carbocycles. The zero-order valence-corrected chi connectivity index (χ0v) is 12.3. The van der Waals surface area contributed by atoms with Gasteiger partial charge in [-0.05, 0) is 31.0 Å². The Balaban J connectivity index is 1.76. The molecule has 0 atom stereocenters.